The molecule has 0 aromatic heterocycles. The van der Waals surface area contributed by atoms with Crippen molar-refractivity contribution in [1.82, 2.24) is 5.32 Å². The van der Waals surface area contributed by atoms with E-state index in [0.717, 1.165) is 30.1 Å². The molecule has 0 unspecified atom stereocenters. The molecule has 1 aliphatic rings. The maximum absolute atomic E-state index is 11.4. The van der Waals surface area contributed by atoms with Crippen LogP contribution < -0.4 is 11.1 Å². The van der Waals surface area contributed by atoms with E-state index in [2.05, 4.69) is 43.4 Å². The number of benzene rings is 2. The molecule has 1 saturated carbocycles. The van der Waals surface area contributed by atoms with Crippen molar-refractivity contribution >= 4 is 5.91 Å². The molecule has 2 aromatic rings. The van der Waals surface area contributed by atoms with Gasteiger partial charge in [0.15, 0.2) is 0 Å². The fourth-order valence-corrected chi connectivity index (χ4v) is 4.07. The van der Waals surface area contributed by atoms with Crippen molar-refractivity contribution in [3.05, 3.63) is 59.2 Å². The highest BCUT2D eigenvalue weighted by Crippen LogP contribution is 2.37. The van der Waals surface area contributed by atoms with Gasteiger partial charge in [0.05, 0.1) is 0 Å². The molecule has 0 saturated heterocycles. The first-order valence-corrected chi connectivity index (χ1v) is 10.0. The highest BCUT2D eigenvalue weighted by molar-refractivity contribution is 5.93. The van der Waals surface area contributed by atoms with Crippen molar-refractivity contribution in [2.75, 3.05) is 6.54 Å². The van der Waals surface area contributed by atoms with Crippen molar-refractivity contribution in [3.8, 4) is 11.1 Å². The van der Waals surface area contributed by atoms with Crippen LogP contribution in [0.3, 0.4) is 0 Å². The van der Waals surface area contributed by atoms with E-state index in [4.69, 9.17) is 5.73 Å². The van der Waals surface area contributed by atoms with Crippen LogP contribution in [0.4, 0.5) is 0 Å². The van der Waals surface area contributed by atoms with Crippen LogP contribution in [0.2, 0.25) is 0 Å². The van der Waals surface area contributed by atoms with Gasteiger partial charge in [0.2, 0.25) is 5.91 Å². The van der Waals surface area contributed by atoms with Crippen molar-refractivity contribution in [3.63, 3.8) is 0 Å². The summed E-state index contributed by atoms with van der Waals surface area (Å²) in [5.41, 5.74) is 11.2. The fourth-order valence-electron chi connectivity index (χ4n) is 4.07. The molecule has 1 aliphatic carbocycles. The van der Waals surface area contributed by atoms with E-state index in [-0.39, 0.29) is 5.91 Å². The largest absolute Gasteiger partial charge is 0.366 e. The van der Waals surface area contributed by atoms with Crippen molar-refractivity contribution in [2.24, 2.45) is 17.1 Å². The van der Waals surface area contributed by atoms with Crippen molar-refractivity contribution < 1.29 is 4.79 Å². The van der Waals surface area contributed by atoms with Gasteiger partial charge in [0.1, 0.15) is 0 Å². The first kappa shape index (κ1) is 19.6. The zero-order valence-electron chi connectivity index (χ0n) is 16.8. The number of nitrogens with one attached hydrogen (secondary N) is 1. The van der Waals surface area contributed by atoms with Gasteiger partial charge in [-0.25, -0.2) is 0 Å². The summed E-state index contributed by atoms with van der Waals surface area (Å²) in [6.07, 6.45) is 5.36. The Morgan fingerprint density at radius 2 is 1.89 bits per heavy atom. The zero-order chi connectivity index (χ0) is 19.4. The minimum absolute atomic E-state index is 0.381. The molecule has 1 amide bonds. The SMILES string of the molecule is Cc1cc(C(N)=O)ccc1-c1cccc(CNCC2CCC(C)(C)CC2)c1. The molecule has 144 valence electrons. The Labute approximate surface area is 163 Å². The lowest BCUT2D eigenvalue weighted by Gasteiger charge is -2.34. The van der Waals surface area contributed by atoms with E-state index in [1.54, 1.807) is 6.07 Å². The number of aryl methyl sites for hydroxylation is 1. The number of carbonyl (C=O) groups excluding carboxylic acids is 1. The Hall–Kier alpha value is -2.13. The third-order valence-corrected chi connectivity index (χ3v) is 5.97. The first-order chi connectivity index (χ1) is 12.8. The number of hydrogen-bond donors (Lipinski definition) is 2. The minimum atomic E-state index is -0.381. The van der Waals surface area contributed by atoms with Gasteiger partial charge in [0.25, 0.3) is 0 Å². The standard InChI is InChI=1S/C24H32N2O/c1-17-13-21(23(25)27)7-8-22(17)20-6-4-5-19(14-20)16-26-15-18-9-11-24(2,3)12-10-18/h4-8,13-14,18,26H,9-12,15-16H2,1-3H3,(H2,25,27). The molecule has 0 atom stereocenters. The summed E-state index contributed by atoms with van der Waals surface area (Å²) < 4.78 is 0. The summed E-state index contributed by atoms with van der Waals surface area (Å²) in [4.78, 5) is 11.4. The second-order valence-electron chi connectivity index (χ2n) is 8.83. The Balaban J connectivity index is 1.60. The lowest BCUT2D eigenvalue weighted by atomic mass is 9.73. The summed E-state index contributed by atoms with van der Waals surface area (Å²) in [5, 5.41) is 3.65. The molecule has 0 radical (unpaired) electrons. The number of amides is 1. The average molecular weight is 365 g/mol. The monoisotopic (exact) mass is 364 g/mol. The number of rotatable bonds is 6. The lowest BCUT2D eigenvalue weighted by Crippen LogP contribution is -2.28. The van der Waals surface area contributed by atoms with Gasteiger partial charge in [-0.2, -0.15) is 0 Å². The summed E-state index contributed by atoms with van der Waals surface area (Å²) in [5.74, 6) is 0.429. The molecule has 0 heterocycles. The molecule has 0 bridgehead atoms. The van der Waals surface area contributed by atoms with Gasteiger partial charge >= 0.3 is 0 Å². The molecule has 3 N–H and O–H groups in total. The van der Waals surface area contributed by atoms with E-state index >= 15 is 0 Å². The Morgan fingerprint density at radius 3 is 2.56 bits per heavy atom. The molecule has 3 heteroatoms. The Morgan fingerprint density at radius 1 is 1.15 bits per heavy atom. The van der Waals surface area contributed by atoms with Crippen LogP contribution >= 0.6 is 0 Å². The summed E-state index contributed by atoms with van der Waals surface area (Å²) in [6.45, 7) is 8.80. The van der Waals surface area contributed by atoms with Gasteiger partial charge in [-0.05, 0) is 90.9 Å². The molecule has 2 aromatic carbocycles. The Bertz CT molecular complexity index is 800. The highest BCUT2D eigenvalue weighted by atomic mass is 16.1. The number of nitrogens with two attached hydrogens (primary N) is 1. The van der Waals surface area contributed by atoms with Crippen LogP contribution in [0.25, 0.3) is 11.1 Å². The van der Waals surface area contributed by atoms with Crippen molar-refractivity contribution in [1.29, 1.82) is 0 Å². The van der Waals surface area contributed by atoms with E-state index in [1.807, 2.05) is 19.1 Å². The Kier molecular flexibility index (Phi) is 6.01. The molecule has 3 rings (SSSR count). The van der Waals surface area contributed by atoms with E-state index < -0.39 is 0 Å². The zero-order valence-corrected chi connectivity index (χ0v) is 16.8. The van der Waals surface area contributed by atoms with E-state index in [1.165, 1.54) is 36.8 Å². The molecule has 3 nitrogen and oxygen atoms in total. The molecular weight excluding hydrogens is 332 g/mol. The number of hydrogen-bond acceptors (Lipinski definition) is 2. The van der Waals surface area contributed by atoms with Crippen LogP contribution in [0.5, 0.6) is 0 Å². The van der Waals surface area contributed by atoms with Crippen molar-refractivity contribution in [2.45, 2.75) is 53.0 Å². The maximum Gasteiger partial charge on any atom is 0.248 e. The van der Waals surface area contributed by atoms with E-state index in [9.17, 15) is 4.79 Å². The topological polar surface area (TPSA) is 55.1 Å². The van der Waals surface area contributed by atoms with Gasteiger partial charge in [-0.15, -0.1) is 0 Å². The van der Waals surface area contributed by atoms with Crippen LogP contribution in [0.1, 0.15) is 61.0 Å². The van der Waals surface area contributed by atoms with Crippen LogP contribution in [-0.4, -0.2) is 12.5 Å². The molecular formula is C24H32N2O. The van der Waals surface area contributed by atoms with Gasteiger partial charge in [0, 0.05) is 12.1 Å². The first-order valence-electron chi connectivity index (χ1n) is 10.0. The lowest BCUT2D eigenvalue weighted by molar-refractivity contribution is 0.1000. The van der Waals surface area contributed by atoms with Crippen LogP contribution in [-0.2, 0) is 6.54 Å². The predicted octanol–water partition coefficient (Wildman–Crippen LogP) is 5.07. The van der Waals surface area contributed by atoms with Gasteiger partial charge in [-0.1, -0.05) is 38.1 Å². The summed E-state index contributed by atoms with van der Waals surface area (Å²) in [6, 6.07) is 14.3. The quantitative estimate of drug-likeness (QED) is 0.752. The third-order valence-electron chi connectivity index (χ3n) is 5.97. The molecule has 1 fully saturated rings. The average Bonchev–Trinajstić information content (AvgIpc) is 2.63. The van der Waals surface area contributed by atoms with E-state index in [0.29, 0.717) is 11.0 Å². The second-order valence-corrected chi connectivity index (χ2v) is 8.83. The highest BCUT2D eigenvalue weighted by Gasteiger charge is 2.26. The van der Waals surface area contributed by atoms with Gasteiger partial charge in [-0.3, -0.25) is 4.79 Å². The third kappa shape index (κ3) is 5.20. The molecule has 27 heavy (non-hydrogen) atoms. The minimum Gasteiger partial charge on any atom is -0.366 e. The maximum atomic E-state index is 11.4. The normalized spacial score (nSPS) is 17.0. The second kappa shape index (κ2) is 8.26. The summed E-state index contributed by atoms with van der Waals surface area (Å²) in [7, 11) is 0. The van der Waals surface area contributed by atoms with Crippen LogP contribution in [0.15, 0.2) is 42.5 Å². The molecule has 0 spiro atoms. The van der Waals surface area contributed by atoms with Gasteiger partial charge < -0.3 is 11.1 Å². The molecule has 0 aliphatic heterocycles. The fraction of sp³-hybridized carbons (Fsp3) is 0.458. The van der Waals surface area contributed by atoms with Crippen LogP contribution in [0, 0.1) is 18.3 Å². The number of carbonyl (C=O) groups is 1. The number of primary amides is 1. The summed E-state index contributed by atoms with van der Waals surface area (Å²) >= 11 is 0. The smallest absolute Gasteiger partial charge is 0.248 e. The predicted molar refractivity (Wildman–Crippen MR) is 113 cm³/mol.